The third-order valence-corrected chi connectivity index (χ3v) is 4.11. The van der Waals surface area contributed by atoms with Gasteiger partial charge >= 0.3 is 0 Å². The number of aromatic nitrogens is 1. The number of hydrogen-bond donors (Lipinski definition) is 2. The number of hydrogen-bond acceptors (Lipinski definition) is 4. The summed E-state index contributed by atoms with van der Waals surface area (Å²) in [6.07, 6.45) is 0. The Balaban J connectivity index is 2.23. The van der Waals surface area contributed by atoms with Crippen LogP contribution in [0.2, 0.25) is 0 Å². The van der Waals surface area contributed by atoms with Crippen molar-refractivity contribution in [2.75, 3.05) is 0 Å². The van der Waals surface area contributed by atoms with E-state index in [2.05, 4.69) is 4.99 Å². The van der Waals surface area contributed by atoms with Gasteiger partial charge in [-0.15, -0.1) is 0 Å². The van der Waals surface area contributed by atoms with Crippen LogP contribution in [0.5, 0.6) is 11.5 Å². The second-order valence-electron chi connectivity index (χ2n) is 5.77. The lowest BCUT2D eigenvalue weighted by Crippen LogP contribution is -2.24. The van der Waals surface area contributed by atoms with E-state index in [0.29, 0.717) is 27.9 Å². The Bertz CT molecular complexity index is 1030. The SMILES string of the molecule is CC(=Nc1ccc(O)c(C)c1)c1c(O)c2ccccc2n(C)c1=O. The van der Waals surface area contributed by atoms with Gasteiger partial charge in [-0.2, -0.15) is 0 Å². The smallest absolute Gasteiger partial charge is 0.263 e. The second kappa shape index (κ2) is 5.85. The first-order chi connectivity index (χ1) is 11.4. The predicted octanol–water partition coefficient (Wildman–Crippen LogP) is 3.40. The molecule has 122 valence electrons. The molecule has 0 amide bonds. The Morgan fingerprint density at radius 1 is 1.12 bits per heavy atom. The fourth-order valence-corrected chi connectivity index (χ4v) is 2.76. The minimum absolute atomic E-state index is 0.0644. The molecular formula is C19H18N2O3. The zero-order valence-electron chi connectivity index (χ0n) is 13.7. The van der Waals surface area contributed by atoms with Crippen molar-refractivity contribution in [3.05, 3.63) is 63.9 Å². The van der Waals surface area contributed by atoms with Crippen molar-refractivity contribution in [1.82, 2.24) is 4.57 Å². The molecule has 0 aliphatic rings. The summed E-state index contributed by atoms with van der Waals surface area (Å²) in [5.74, 6) is 0.126. The molecule has 0 atom stereocenters. The van der Waals surface area contributed by atoms with Crippen LogP contribution in [-0.2, 0) is 7.05 Å². The lowest BCUT2D eigenvalue weighted by Gasteiger charge is -2.11. The topological polar surface area (TPSA) is 74.8 Å². The van der Waals surface area contributed by atoms with E-state index in [4.69, 9.17) is 0 Å². The third-order valence-electron chi connectivity index (χ3n) is 4.11. The van der Waals surface area contributed by atoms with Crippen LogP contribution in [0.3, 0.4) is 0 Å². The normalized spacial score (nSPS) is 11.9. The third kappa shape index (κ3) is 2.54. The van der Waals surface area contributed by atoms with Crippen molar-refractivity contribution in [3.8, 4) is 11.5 Å². The highest BCUT2D eigenvalue weighted by atomic mass is 16.3. The molecule has 2 N–H and O–H groups in total. The summed E-state index contributed by atoms with van der Waals surface area (Å²) >= 11 is 0. The molecule has 24 heavy (non-hydrogen) atoms. The zero-order valence-corrected chi connectivity index (χ0v) is 13.7. The van der Waals surface area contributed by atoms with Crippen LogP contribution < -0.4 is 5.56 Å². The van der Waals surface area contributed by atoms with E-state index in [0.717, 1.165) is 0 Å². The highest BCUT2D eigenvalue weighted by molar-refractivity contribution is 6.06. The van der Waals surface area contributed by atoms with Gasteiger partial charge in [-0.05, 0) is 49.7 Å². The Morgan fingerprint density at radius 3 is 2.54 bits per heavy atom. The summed E-state index contributed by atoms with van der Waals surface area (Å²) in [7, 11) is 1.67. The molecule has 5 heteroatoms. The average molecular weight is 322 g/mol. The molecule has 0 saturated heterocycles. The Labute approximate surface area is 139 Å². The number of pyridine rings is 1. The van der Waals surface area contributed by atoms with Crippen molar-refractivity contribution in [3.63, 3.8) is 0 Å². The van der Waals surface area contributed by atoms with Gasteiger partial charge in [-0.3, -0.25) is 9.79 Å². The number of aryl methyl sites for hydroxylation is 2. The van der Waals surface area contributed by atoms with Gasteiger partial charge in [-0.25, -0.2) is 0 Å². The molecule has 0 radical (unpaired) electrons. The van der Waals surface area contributed by atoms with Crippen LogP contribution in [-0.4, -0.2) is 20.5 Å². The first-order valence-corrected chi connectivity index (χ1v) is 7.56. The van der Waals surface area contributed by atoms with Crippen molar-refractivity contribution in [2.24, 2.45) is 12.0 Å². The summed E-state index contributed by atoms with van der Waals surface area (Å²) in [6.45, 7) is 3.46. The van der Waals surface area contributed by atoms with Crippen LogP contribution in [0.4, 0.5) is 5.69 Å². The van der Waals surface area contributed by atoms with Gasteiger partial charge in [0.25, 0.3) is 5.56 Å². The highest BCUT2D eigenvalue weighted by Gasteiger charge is 2.16. The molecule has 0 aliphatic carbocycles. The number of phenols is 1. The van der Waals surface area contributed by atoms with E-state index in [-0.39, 0.29) is 22.6 Å². The quantitative estimate of drug-likeness (QED) is 0.710. The van der Waals surface area contributed by atoms with Crippen LogP contribution >= 0.6 is 0 Å². The highest BCUT2D eigenvalue weighted by Crippen LogP contribution is 2.28. The number of benzene rings is 2. The lowest BCUT2D eigenvalue weighted by atomic mass is 10.1. The average Bonchev–Trinajstić information content (AvgIpc) is 2.56. The molecule has 3 rings (SSSR count). The fourth-order valence-electron chi connectivity index (χ4n) is 2.76. The van der Waals surface area contributed by atoms with E-state index >= 15 is 0 Å². The summed E-state index contributed by atoms with van der Waals surface area (Å²) in [6, 6.07) is 12.1. The number of phenolic OH excluding ortho intramolecular Hbond substituents is 1. The van der Waals surface area contributed by atoms with E-state index in [1.807, 2.05) is 12.1 Å². The summed E-state index contributed by atoms with van der Waals surface area (Å²) < 4.78 is 1.51. The van der Waals surface area contributed by atoms with Gasteiger partial charge in [0.15, 0.2) is 0 Å². The molecule has 0 spiro atoms. The second-order valence-corrected chi connectivity index (χ2v) is 5.77. The molecule has 0 fully saturated rings. The predicted molar refractivity (Wildman–Crippen MR) is 95.6 cm³/mol. The minimum atomic E-state index is -0.303. The minimum Gasteiger partial charge on any atom is -0.508 e. The first-order valence-electron chi connectivity index (χ1n) is 7.56. The maximum Gasteiger partial charge on any atom is 0.263 e. The van der Waals surface area contributed by atoms with Crippen molar-refractivity contribution < 1.29 is 10.2 Å². The van der Waals surface area contributed by atoms with Gasteiger partial charge in [0.05, 0.1) is 16.9 Å². The van der Waals surface area contributed by atoms with Crippen LogP contribution in [0.25, 0.3) is 10.9 Å². The largest absolute Gasteiger partial charge is 0.508 e. The molecule has 1 heterocycles. The molecule has 2 aromatic carbocycles. The summed E-state index contributed by atoms with van der Waals surface area (Å²) in [4.78, 5) is 17.1. The van der Waals surface area contributed by atoms with Crippen LogP contribution in [0.1, 0.15) is 18.1 Å². The Morgan fingerprint density at radius 2 is 1.83 bits per heavy atom. The van der Waals surface area contributed by atoms with Crippen LogP contribution in [0.15, 0.2) is 52.3 Å². The maximum atomic E-state index is 12.6. The number of para-hydroxylation sites is 1. The summed E-state index contributed by atoms with van der Waals surface area (Å²) in [5.41, 5.74) is 2.27. The van der Waals surface area contributed by atoms with E-state index in [9.17, 15) is 15.0 Å². The van der Waals surface area contributed by atoms with E-state index in [1.165, 1.54) is 4.57 Å². The van der Waals surface area contributed by atoms with Gasteiger partial charge in [0.2, 0.25) is 0 Å². The number of fused-ring (bicyclic) bond motifs is 1. The molecule has 0 aliphatic heterocycles. The molecule has 5 nitrogen and oxygen atoms in total. The summed E-state index contributed by atoms with van der Waals surface area (Å²) in [5, 5.41) is 20.8. The monoisotopic (exact) mass is 322 g/mol. The van der Waals surface area contributed by atoms with Crippen molar-refractivity contribution in [1.29, 1.82) is 0 Å². The standard InChI is InChI=1S/C19H18N2O3/c1-11-10-13(8-9-16(11)22)20-12(2)17-18(23)14-6-4-5-7-15(14)21(3)19(17)24/h4-10,22-23H,1-3H3. The van der Waals surface area contributed by atoms with Crippen LogP contribution in [0, 0.1) is 6.92 Å². The maximum absolute atomic E-state index is 12.6. The van der Waals surface area contributed by atoms with Crippen molar-refractivity contribution >= 4 is 22.3 Å². The molecule has 0 unspecified atom stereocenters. The molecular weight excluding hydrogens is 304 g/mol. The number of aliphatic imine (C=N–C) groups is 1. The Kier molecular flexibility index (Phi) is 3.85. The molecule has 0 bridgehead atoms. The molecule has 3 aromatic rings. The fraction of sp³-hybridized carbons (Fsp3) is 0.158. The number of rotatable bonds is 2. The van der Waals surface area contributed by atoms with E-state index in [1.54, 1.807) is 51.2 Å². The molecule has 0 saturated carbocycles. The first kappa shape index (κ1) is 15.8. The van der Waals surface area contributed by atoms with E-state index < -0.39 is 0 Å². The van der Waals surface area contributed by atoms with Crippen molar-refractivity contribution in [2.45, 2.75) is 13.8 Å². The van der Waals surface area contributed by atoms with Gasteiger partial charge < -0.3 is 14.8 Å². The van der Waals surface area contributed by atoms with Gasteiger partial charge in [0, 0.05) is 12.4 Å². The number of aromatic hydroxyl groups is 2. The van der Waals surface area contributed by atoms with Gasteiger partial charge in [0.1, 0.15) is 17.1 Å². The lowest BCUT2D eigenvalue weighted by molar-refractivity contribution is 0.471. The van der Waals surface area contributed by atoms with Gasteiger partial charge in [-0.1, -0.05) is 12.1 Å². The molecule has 1 aromatic heterocycles. The number of nitrogens with zero attached hydrogens (tertiary/aromatic N) is 2. The Hall–Kier alpha value is -3.08. The zero-order chi connectivity index (χ0) is 17.4.